The molecule has 0 aliphatic heterocycles. The number of nitrogens with one attached hydrogen (secondary N) is 2. The number of allylic oxidation sites excluding steroid dienone is 4. The molecule has 2 nitrogen and oxygen atoms in total. The summed E-state index contributed by atoms with van der Waals surface area (Å²) in [7, 11) is 0. The fraction of sp³-hybridized carbons (Fsp3) is 0.400. The van der Waals surface area contributed by atoms with Crippen molar-refractivity contribution in [1.29, 1.82) is 10.8 Å². The zero-order valence-corrected chi connectivity index (χ0v) is 7.35. The maximum atomic E-state index is 7.41. The van der Waals surface area contributed by atoms with Crippen LogP contribution in [0.5, 0.6) is 0 Å². The van der Waals surface area contributed by atoms with Crippen LogP contribution in [-0.2, 0) is 0 Å². The summed E-state index contributed by atoms with van der Waals surface area (Å²) in [5.41, 5.74) is 1.83. The summed E-state index contributed by atoms with van der Waals surface area (Å²) in [5, 5.41) is 14.7. The van der Waals surface area contributed by atoms with Crippen LogP contribution in [0.4, 0.5) is 0 Å². The minimum Gasteiger partial charge on any atom is -0.299 e. The van der Waals surface area contributed by atoms with Gasteiger partial charge in [0.15, 0.2) is 0 Å². The second kappa shape index (κ2) is 4.00. The van der Waals surface area contributed by atoms with E-state index in [1.54, 1.807) is 12.2 Å². The molecule has 0 spiro atoms. The Hall–Kier alpha value is -1.18. The van der Waals surface area contributed by atoms with Crippen molar-refractivity contribution in [3.8, 4) is 0 Å². The second-order valence-electron chi connectivity index (χ2n) is 2.98. The molecule has 1 rings (SSSR count). The lowest BCUT2D eigenvalue weighted by Crippen LogP contribution is -2.09. The van der Waals surface area contributed by atoms with E-state index in [0.717, 1.165) is 12.8 Å². The smallest absolute Gasteiger partial charge is 0.0791 e. The van der Waals surface area contributed by atoms with Crippen LogP contribution in [0.15, 0.2) is 23.8 Å². The van der Waals surface area contributed by atoms with Gasteiger partial charge in [-0.05, 0) is 30.6 Å². The van der Waals surface area contributed by atoms with Crippen LogP contribution in [0.3, 0.4) is 0 Å². The van der Waals surface area contributed by atoms with Crippen LogP contribution in [0, 0.1) is 10.8 Å². The van der Waals surface area contributed by atoms with Gasteiger partial charge < -0.3 is 0 Å². The molecule has 0 bridgehead atoms. The van der Waals surface area contributed by atoms with Gasteiger partial charge in [0.05, 0.1) is 11.4 Å². The summed E-state index contributed by atoms with van der Waals surface area (Å²) in [6.45, 7) is 2.15. The molecule has 1 aliphatic rings. The molecule has 2 heteroatoms. The van der Waals surface area contributed by atoms with Crippen LogP contribution >= 0.6 is 0 Å². The first-order valence-corrected chi connectivity index (χ1v) is 4.30. The monoisotopic (exact) mass is 162 g/mol. The molecule has 0 heterocycles. The van der Waals surface area contributed by atoms with Crippen LogP contribution in [-0.4, -0.2) is 11.4 Å². The first-order chi connectivity index (χ1) is 5.74. The molecule has 0 atom stereocenters. The second-order valence-corrected chi connectivity index (χ2v) is 2.98. The van der Waals surface area contributed by atoms with Gasteiger partial charge in [0.2, 0.25) is 0 Å². The molecule has 0 saturated carbocycles. The lowest BCUT2D eigenvalue weighted by molar-refractivity contribution is 0.798. The highest BCUT2D eigenvalue weighted by atomic mass is 14.5. The van der Waals surface area contributed by atoms with Crippen molar-refractivity contribution in [2.24, 2.45) is 0 Å². The molecule has 64 valence electrons. The van der Waals surface area contributed by atoms with Gasteiger partial charge in [-0.25, -0.2) is 0 Å². The third-order valence-corrected chi connectivity index (χ3v) is 1.90. The maximum absolute atomic E-state index is 7.41. The van der Waals surface area contributed by atoms with E-state index in [2.05, 4.69) is 6.92 Å². The van der Waals surface area contributed by atoms with Gasteiger partial charge in [-0.1, -0.05) is 19.4 Å². The minimum atomic E-state index is 0.315. The molecule has 0 aromatic heterocycles. The Labute approximate surface area is 73.0 Å². The summed E-state index contributed by atoms with van der Waals surface area (Å²) >= 11 is 0. The molecular formula is C10H14N2. The van der Waals surface area contributed by atoms with Gasteiger partial charge in [0, 0.05) is 0 Å². The molecule has 0 amide bonds. The molecule has 1 aliphatic carbocycles. The van der Waals surface area contributed by atoms with Gasteiger partial charge in [0.25, 0.3) is 0 Å². The van der Waals surface area contributed by atoms with Crippen LogP contribution in [0.1, 0.15) is 26.2 Å². The largest absolute Gasteiger partial charge is 0.299 e. The Morgan fingerprint density at radius 3 is 2.50 bits per heavy atom. The van der Waals surface area contributed by atoms with Gasteiger partial charge in [0.1, 0.15) is 0 Å². The van der Waals surface area contributed by atoms with Crippen LogP contribution < -0.4 is 0 Å². The Morgan fingerprint density at radius 2 is 1.92 bits per heavy atom. The quantitative estimate of drug-likeness (QED) is 0.599. The first-order valence-electron chi connectivity index (χ1n) is 4.30. The molecule has 0 aromatic carbocycles. The molecular weight excluding hydrogens is 148 g/mol. The molecule has 0 unspecified atom stereocenters. The average Bonchev–Trinajstić information content (AvgIpc) is 2.07. The van der Waals surface area contributed by atoms with Crippen molar-refractivity contribution in [3.05, 3.63) is 23.8 Å². The molecule has 0 radical (unpaired) electrons. The highest BCUT2D eigenvalue weighted by Gasteiger charge is 2.05. The summed E-state index contributed by atoms with van der Waals surface area (Å²) in [5.74, 6) is 0. The Morgan fingerprint density at radius 1 is 1.17 bits per heavy atom. The number of rotatable bonds is 3. The van der Waals surface area contributed by atoms with Crippen molar-refractivity contribution in [2.45, 2.75) is 26.2 Å². The first kappa shape index (κ1) is 8.91. The summed E-state index contributed by atoms with van der Waals surface area (Å²) < 4.78 is 0. The lowest BCUT2D eigenvalue weighted by Gasteiger charge is -2.07. The maximum Gasteiger partial charge on any atom is 0.0791 e. The van der Waals surface area contributed by atoms with Gasteiger partial charge in [-0.15, -0.1) is 0 Å². The van der Waals surface area contributed by atoms with Crippen molar-refractivity contribution in [2.75, 3.05) is 0 Å². The minimum absolute atomic E-state index is 0.315. The van der Waals surface area contributed by atoms with Gasteiger partial charge in [-0.3, -0.25) is 10.8 Å². The molecule has 2 N–H and O–H groups in total. The number of hydrogen-bond acceptors (Lipinski definition) is 2. The van der Waals surface area contributed by atoms with E-state index in [1.165, 1.54) is 12.0 Å². The third-order valence-electron chi connectivity index (χ3n) is 1.90. The third kappa shape index (κ3) is 2.16. The number of unbranched alkanes of at least 4 members (excludes halogenated alkanes) is 1. The average molecular weight is 162 g/mol. The molecule has 0 fully saturated rings. The van der Waals surface area contributed by atoms with E-state index < -0.39 is 0 Å². The predicted octanol–water partition coefficient (Wildman–Crippen LogP) is 2.71. The highest BCUT2D eigenvalue weighted by molar-refractivity contribution is 6.49. The number of hydrogen-bond donors (Lipinski definition) is 2. The summed E-state index contributed by atoms with van der Waals surface area (Å²) in [6, 6.07) is 0. The van der Waals surface area contributed by atoms with E-state index in [9.17, 15) is 0 Å². The molecule has 12 heavy (non-hydrogen) atoms. The van der Waals surface area contributed by atoms with E-state index in [4.69, 9.17) is 10.8 Å². The highest BCUT2D eigenvalue weighted by Crippen LogP contribution is 2.12. The predicted molar refractivity (Wildman–Crippen MR) is 52.2 cm³/mol. The van der Waals surface area contributed by atoms with E-state index in [-0.39, 0.29) is 0 Å². The summed E-state index contributed by atoms with van der Waals surface area (Å²) in [6.07, 6.45) is 8.80. The van der Waals surface area contributed by atoms with Crippen molar-refractivity contribution >= 4 is 11.4 Å². The van der Waals surface area contributed by atoms with Gasteiger partial charge in [-0.2, -0.15) is 0 Å². The standard InChI is InChI=1S/C10H14N2/c1-2-3-4-8-5-6-9(11)10(12)7-8/h5-7,11-12H,2-4H2,1H3. The van der Waals surface area contributed by atoms with E-state index >= 15 is 0 Å². The SMILES string of the molecule is CCCCC1=CC(=N)C(=N)C=C1. The lowest BCUT2D eigenvalue weighted by atomic mass is 10.00. The van der Waals surface area contributed by atoms with Crippen LogP contribution in [0.25, 0.3) is 0 Å². The fourth-order valence-corrected chi connectivity index (χ4v) is 1.13. The topological polar surface area (TPSA) is 47.7 Å². The van der Waals surface area contributed by atoms with Gasteiger partial charge >= 0.3 is 0 Å². The Balaban J connectivity index is 2.57. The van der Waals surface area contributed by atoms with Crippen molar-refractivity contribution in [3.63, 3.8) is 0 Å². The normalized spacial score (nSPS) is 16.6. The fourth-order valence-electron chi connectivity index (χ4n) is 1.13. The molecule has 0 saturated heterocycles. The van der Waals surface area contributed by atoms with Crippen LogP contribution in [0.2, 0.25) is 0 Å². The van der Waals surface area contributed by atoms with Crippen molar-refractivity contribution in [1.82, 2.24) is 0 Å². The summed E-state index contributed by atoms with van der Waals surface area (Å²) in [4.78, 5) is 0. The van der Waals surface area contributed by atoms with E-state index in [1.807, 2.05) is 6.08 Å². The van der Waals surface area contributed by atoms with Crippen molar-refractivity contribution < 1.29 is 0 Å². The Bertz CT molecular complexity index is 259. The Kier molecular flexibility index (Phi) is 2.97. The molecule has 0 aromatic rings. The zero-order chi connectivity index (χ0) is 8.97. The van der Waals surface area contributed by atoms with E-state index in [0.29, 0.717) is 11.4 Å². The zero-order valence-electron chi connectivity index (χ0n) is 7.35.